The number of aryl methyl sites for hydroxylation is 1. The number of ketones is 1. The number of imidazole rings is 1. The zero-order chi connectivity index (χ0) is 11.4. The van der Waals surface area contributed by atoms with Gasteiger partial charge in [-0.2, -0.15) is 0 Å². The summed E-state index contributed by atoms with van der Waals surface area (Å²) in [5.41, 5.74) is 0.831. The molecule has 0 aliphatic heterocycles. The van der Waals surface area contributed by atoms with Crippen LogP contribution in [-0.4, -0.2) is 28.1 Å². The maximum atomic E-state index is 11.6. The number of allylic oxidation sites excluding steroid dienone is 3. The number of carbonyl (C=O) groups excluding carboxylic acids is 1. The SMILES string of the molecule is Cn1ccnc1/C=N/CC(=O)C1=CC=CC1. The van der Waals surface area contributed by atoms with Gasteiger partial charge >= 0.3 is 0 Å². The van der Waals surface area contributed by atoms with E-state index in [1.807, 2.05) is 36.0 Å². The van der Waals surface area contributed by atoms with E-state index in [-0.39, 0.29) is 12.3 Å². The lowest BCUT2D eigenvalue weighted by molar-refractivity contribution is -0.114. The third kappa shape index (κ3) is 2.34. The number of aliphatic imine (C=N–C) groups is 1. The molecule has 4 nitrogen and oxygen atoms in total. The maximum absolute atomic E-state index is 11.6. The van der Waals surface area contributed by atoms with Gasteiger partial charge in [-0.25, -0.2) is 4.98 Å². The molecule has 4 heteroatoms. The van der Waals surface area contributed by atoms with Gasteiger partial charge in [-0.15, -0.1) is 0 Å². The molecule has 1 aromatic heterocycles. The van der Waals surface area contributed by atoms with E-state index < -0.39 is 0 Å². The molecule has 82 valence electrons. The van der Waals surface area contributed by atoms with E-state index >= 15 is 0 Å². The van der Waals surface area contributed by atoms with Crippen LogP contribution >= 0.6 is 0 Å². The zero-order valence-corrected chi connectivity index (χ0v) is 9.13. The van der Waals surface area contributed by atoms with Crippen LogP contribution in [0.5, 0.6) is 0 Å². The van der Waals surface area contributed by atoms with Gasteiger partial charge in [0.15, 0.2) is 5.78 Å². The van der Waals surface area contributed by atoms with E-state index in [1.54, 1.807) is 12.4 Å². The van der Waals surface area contributed by atoms with Crippen LogP contribution in [0.2, 0.25) is 0 Å². The van der Waals surface area contributed by atoms with E-state index in [2.05, 4.69) is 9.98 Å². The number of aromatic nitrogens is 2. The highest BCUT2D eigenvalue weighted by Crippen LogP contribution is 2.11. The van der Waals surface area contributed by atoms with Gasteiger partial charge in [-0.05, 0) is 6.42 Å². The Bertz CT molecular complexity index is 480. The fraction of sp³-hybridized carbons (Fsp3) is 0.250. The normalized spacial score (nSPS) is 14.7. The number of hydrogen-bond donors (Lipinski definition) is 0. The van der Waals surface area contributed by atoms with Crippen molar-refractivity contribution in [2.45, 2.75) is 6.42 Å². The van der Waals surface area contributed by atoms with E-state index in [0.717, 1.165) is 17.8 Å². The van der Waals surface area contributed by atoms with Crippen molar-refractivity contribution < 1.29 is 4.79 Å². The highest BCUT2D eigenvalue weighted by molar-refractivity contribution is 5.98. The summed E-state index contributed by atoms with van der Waals surface area (Å²) >= 11 is 0. The second-order valence-corrected chi connectivity index (χ2v) is 3.61. The lowest BCUT2D eigenvalue weighted by Gasteiger charge is -1.97. The Labute approximate surface area is 94.0 Å². The molecule has 0 fully saturated rings. The highest BCUT2D eigenvalue weighted by atomic mass is 16.1. The summed E-state index contributed by atoms with van der Waals surface area (Å²) in [5, 5.41) is 0. The quantitative estimate of drug-likeness (QED) is 0.710. The fourth-order valence-electron chi connectivity index (χ4n) is 1.47. The molecule has 0 bridgehead atoms. The molecule has 1 heterocycles. The van der Waals surface area contributed by atoms with Crippen LogP contribution in [0, 0.1) is 0 Å². The Kier molecular flexibility index (Phi) is 3.10. The van der Waals surface area contributed by atoms with Gasteiger partial charge in [-0.1, -0.05) is 18.2 Å². The van der Waals surface area contributed by atoms with Crippen molar-refractivity contribution in [2.75, 3.05) is 6.54 Å². The molecule has 0 amide bonds. The van der Waals surface area contributed by atoms with E-state index in [9.17, 15) is 4.79 Å². The first-order valence-electron chi connectivity index (χ1n) is 5.13. The van der Waals surface area contributed by atoms with Crippen molar-refractivity contribution in [1.29, 1.82) is 0 Å². The molecule has 0 N–H and O–H groups in total. The predicted octanol–water partition coefficient (Wildman–Crippen LogP) is 1.29. The molecular formula is C12H13N3O. The third-order valence-corrected chi connectivity index (χ3v) is 2.43. The summed E-state index contributed by atoms with van der Waals surface area (Å²) in [5.74, 6) is 0.835. The highest BCUT2D eigenvalue weighted by Gasteiger charge is 2.08. The zero-order valence-electron chi connectivity index (χ0n) is 9.13. The fourth-order valence-corrected chi connectivity index (χ4v) is 1.47. The molecule has 0 radical (unpaired) electrons. The summed E-state index contributed by atoms with van der Waals surface area (Å²) in [6.07, 6.45) is 11.6. The average Bonchev–Trinajstić information content (AvgIpc) is 2.90. The van der Waals surface area contributed by atoms with Crippen LogP contribution in [0.15, 0.2) is 41.2 Å². The number of hydrogen-bond acceptors (Lipinski definition) is 3. The van der Waals surface area contributed by atoms with Crippen LogP contribution in [0.25, 0.3) is 0 Å². The van der Waals surface area contributed by atoms with E-state index in [0.29, 0.717) is 0 Å². The van der Waals surface area contributed by atoms with Gasteiger partial charge in [0.2, 0.25) is 0 Å². The van der Waals surface area contributed by atoms with Crippen molar-refractivity contribution in [2.24, 2.45) is 12.0 Å². The Hall–Kier alpha value is -1.97. The van der Waals surface area contributed by atoms with E-state index in [4.69, 9.17) is 0 Å². The molecule has 1 aromatic rings. The van der Waals surface area contributed by atoms with Crippen molar-refractivity contribution in [3.8, 4) is 0 Å². The Morgan fingerprint density at radius 1 is 1.69 bits per heavy atom. The van der Waals surface area contributed by atoms with Gasteiger partial charge in [0.05, 0.1) is 6.21 Å². The van der Waals surface area contributed by atoms with Gasteiger partial charge < -0.3 is 4.57 Å². The summed E-state index contributed by atoms with van der Waals surface area (Å²) in [6, 6.07) is 0. The molecule has 0 spiro atoms. The van der Waals surface area contributed by atoms with Crippen LogP contribution in [0.3, 0.4) is 0 Å². The molecule has 0 aromatic carbocycles. The topological polar surface area (TPSA) is 47.2 Å². The van der Waals surface area contributed by atoms with Crippen molar-refractivity contribution in [3.05, 3.63) is 42.0 Å². The van der Waals surface area contributed by atoms with Crippen LogP contribution < -0.4 is 0 Å². The molecule has 1 aliphatic rings. The van der Waals surface area contributed by atoms with Gasteiger partial charge in [0.25, 0.3) is 0 Å². The molecule has 0 saturated carbocycles. The second kappa shape index (κ2) is 4.70. The molecule has 0 unspecified atom stereocenters. The minimum atomic E-state index is 0.0791. The number of Topliss-reactive ketones (excluding diaryl/α,β-unsaturated/α-hetero) is 1. The largest absolute Gasteiger partial charge is 0.333 e. The first-order valence-corrected chi connectivity index (χ1v) is 5.13. The minimum absolute atomic E-state index is 0.0791. The number of carbonyl (C=O) groups is 1. The monoisotopic (exact) mass is 215 g/mol. The first-order chi connectivity index (χ1) is 7.77. The summed E-state index contributed by atoms with van der Waals surface area (Å²) < 4.78 is 1.85. The van der Waals surface area contributed by atoms with Crippen molar-refractivity contribution in [1.82, 2.24) is 9.55 Å². The Morgan fingerprint density at radius 2 is 2.56 bits per heavy atom. The molecule has 0 atom stereocenters. The lowest BCUT2D eigenvalue weighted by atomic mass is 10.1. The first kappa shape index (κ1) is 10.5. The van der Waals surface area contributed by atoms with Crippen molar-refractivity contribution >= 4 is 12.0 Å². The van der Waals surface area contributed by atoms with E-state index in [1.165, 1.54) is 0 Å². The second-order valence-electron chi connectivity index (χ2n) is 3.61. The van der Waals surface area contributed by atoms with Crippen molar-refractivity contribution in [3.63, 3.8) is 0 Å². The molecule has 2 rings (SSSR count). The van der Waals surface area contributed by atoms with Gasteiger partial charge in [0, 0.05) is 25.0 Å². The predicted molar refractivity (Wildman–Crippen MR) is 62.5 cm³/mol. The number of nitrogens with zero attached hydrogens (tertiary/aromatic N) is 3. The minimum Gasteiger partial charge on any atom is -0.333 e. The van der Waals surface area contributed by atoms with Crippen LogP contribution in [-0.2, 0) is 11.8 Å². The standard InChI is InChI=1S/C12H13N3O/c1-15-7-6-14-12(15)9-13-8-11(16)10-4-2-3-5-10/h2-4,6-7,9H,5,8H2,1H3/b13-9+. The molecule has 0 saturated heterocycles. The maximum Gasteiger partial charge on any atom is 0.180 e. The number of rotatable bonds is 4. The molecule has 16 heavy (non-hydrogen) atoms. The lowest BCUT2D eigenvalue weighted by Crippen LogP contribution is -2.06. The summed E-state index contributed by atoms with van der Waals surface area (Å²) in [6.45, 7) is 0.195. The van der Waals surface area contributed by atoms with Gasteiger partial charge in [0.1, 0.15) is 12.4 Å². The summed E-state index contributed by atoms with van der Waals surface area (Å²) in [7, 11) is 1.89. The van der Waals surface area contributed by atoms with Crippen LogP contribution in [0.4, 0.5) is 0 Å². The molecular weight excluding hydrogens is 202 g/mol. The Balaban J connectivity index is 1.90. The Morgan fingerprint density at radius 3 is 3.19 bits per heavy atom. The van der Waals surface area contributed by atoms with Gasteiger partial charge in [-0.3, -0.25) is 9.79 Å². The van der Waals surface area contributed by atoms with Crippen LogP contribution in [0.1, 0.15) is 12.2 Å². The summed E-state index contributed by atoms with van der Waals surface area (Å²) in [4.78, 5) is 19.8. The smallest absolute Gasteiger partial charge is 0.180 e. The third-order valence-electron chi connectivity index (χ3n) is 2.43. The average molecular weight is 215 g/mol. The molecule has 1 aliphatic carbocycles.